The van der Waals surface area contributed by atoms with E-state index < -0.39 is 11.7 Å². The van der Waals surface area contributed by atoms with E-state index in [2.05, 4.69) is 24.1 Å². The summed E-state index contributed by atoms with van der Waals surface area (Å²) >= 11 is 0. The van der Waals surface area contributed by atoms with Gasteiger partial charge in [-0.3, -0.25) is 4.90 Å². The first kappa shape index (κ1) is 15.3. The second-order valence-corrected chi connectivity index (χ2v) is 5.65. The minimum Gasteiger partial charge on any atom is -0.314 e. The quantitative estimate of drug-likeness (QED) is 0.917. The second kappa shape index (κ2) is 5.74. The molecule has 1 atom stereocenters. The summed E-state index contributed by atoms with van der Waals surface area (Å²) in [4.78, 5) is 2.28. The molecule has 1 saturated heterocycles. The number of hydrogen-bond donors (Lipinski definition) is 1. The summed E-state index contributed by atoms with van der Waals surface area (Å²) in [5.41, 5.74) is 0.164. The first-order valence-electron chi connectivity index (χ1n) is 6.97. The van der Waals surface area contributed by atoms with Crippen molar-refractivity contribution in [3.8, 4) is 0 Å². The van der Waals surface area contributed by atoms with Gasteiger partial charge in [-0.05, 0) is 25.0 Å². The molecule has 1 aromatic rings. The molecule has 1 aromatic carbocycles. The van der Waals surface area contributed by atoms with Gasteiger partial charge in [0.15, 0.2) is 0 Å². The fourth-order valence-electron chi connectivity index (χ4n) is 2.64. The largest absolute Gasteiger partial charge is 0.416 e. The van der Waals surface area contributed by atoms with Gasteiger partial charge >= 0.3 is 6.18 Å². The molecular weight excluding hydrogens is 265 g/mol. The molecule has 2 nitrogen and oxygen atoms in total. The summed E-state index contributed by atoms with van der Waals surface area (Å²) in [6.45, 7) is 7.46. The molecule has 1 aliphatic heterocycles. The molecule has 1 unspecified atom stereocenters. The van der Waals surface area contributed by atoms with Crippen molar-refractivity contribution in [3.63, 3.8) is 0 Å². The van der Waals surface area contributed by atoms with Crippen molar-refractivity contribution in [1.82, 2.24) is 10.2 Å². The lowest BCUT2D eigenvalue weighted by Crippen LogP contribution is -2.58. The molecule has 1 aliphatic rings. The molecule has 1 N–H and O–H groups in total. The predicted molar refractivity (Wildman–Crippen MR) is 73.4 cm³/mol. The van der Waals surface area contributed by atoms with Crippen molar-refractivity contribution in [2.24, 2.45) is 0 Å². The van der Waals surface area contributed by atoms with Crippen LogP contribution < -0.4 is 5.32 Å². The molecule has 20 heavy (non-hydrogen) atoms. The van der Waals surface area contributed by atoms with Crippen LogP contribution in [0.25, 0.3) is 0 Å². The highest BCUT2D eigenvalue weighted by atomic mass is 19.4. The van der Waals surface area contributed by atoms with Gasteiger partial charge < -0.3 is 5.32 Å². The highest BCUT2D eigenvalue weighted by Crippen LogP contribution is 2.30. The van der Waals surface area contributed by atoms with Crippen molar-refractivity contribution >= 4 is 0 Å². The Morgan fingerprint density at radius 2 is 2.10 bits per heavy atom. The van der Waals surface area contributed by atoms with Crippen LogP contribution in [0.4, 0.5) is 13.2 Å². The van der Waals surface area contributed by atoms with E-state index in [-0.39, 0.29) is 5.54 Å². The Morgan fingerprint density at radius 3 is 2.75 bits per heavy atom. The Kier molecular flexibility index (Phi) is 4.39. The van der Waals surface area contributed by atoms with Crippen LogP contribution in [0.2, 0.25) is 0 Å². The number of piperazine rings is 1. The third-order valence-electron chi connectivity index (χ3n) is 4.22. The number of nitrogens with one attached hydrogen (secondary N) is 1. The van der Waals surface area contributed by atoms with Gasteiger partial charge in [0, 0.05) is 31.7 Å². The third kappa shape index (κ3) is 3.33. The smallest absolute Gasteiger partial charge is 0.314 e. The van der Waals surface area contributed by atoms with Gasteiger partial charge in [-0.2, -0.15) is 13.2 Å². The van der Waals surface area contributed by atoms with E-state index in [0.717, 1.165) is 37.7 Å². The lowest BCUT2D eigenvalue weighted by molar-refractivity contribution is -0.137. The van der Waals surface area contributed by atoms with Crippen LogP contribution in [0.1, 0.15) is 31.4 Å². The van der Waals surface area contributed by atoms with E-state index in [4.69, 9.17) is 0 Å². The molecule has 112 valence electrons. The standard InChI is InChI=1S/C15H21F3N2/c1-3-14(2)11-19-7-8-20(14)10-12-5-4-6-13(9-12)15(16,17)18/h4-6,9,19H,3,7-8,10-11H2,1-2H3. The molecule has 1 fully saturated rings. The molecular formula is C15H21F3N2. The van der Waals surface area contributed by atoms with Crippen LogP contribution in [0.5, 0.6) is 0 Å². The minimum absolute atomic E-state index is 0.00644. The maximum absolute atomic E-state index is 12.7. The summed E-state index contributed by atoms with van der Waals surface area (Å²) < 4.78 is 38.2. The van der Waals surface area contributed by atoms with Crippen LogP contribution in [-0.2, 0) is 12.7 Å². The molecule has 0 saturated carbocycles. The maximum atomic E-state index is 12.7. The van der Waals surface area contributed by atoms with E-state index >= 15 is 0 Å². The number of alkyl halides is 3. The highest BCUT2D eigenvalue weighted by Gasteiger charge is 2.33. The fourth-order valence-corrected chi connectivity index (χ4v) is 2.64. The number of halogens is 3. The summed E-state index contributed by atoms with van der Waals surface area (Å²) in [6.07, 6.45) is -3.30. The van der Waals surface area contributed by atoms with Gasteiger partial charge in [-0.15, -0.1) is 0 Å². The topological polar surface area (TPSA) is 15.3 Å². The van der Waals surface area contributed by atoms with Crippen molar-refractivity contribution < 1.29 is 13.2 Å². The molecule has 0 spiro atoms. The zero-order valence-electron chi connectivity index (χ0n) is 11.9. The maximum Gasteiger partial charge on any atom is 0.416 e. The summed E-state index contributed by atoms with van der Waals surface area (Å²) in [5.74, 6) is 0. The zero-order valence-corrected chi connectivity index (χ0v) is 11.9. The Balaban J connectivity index is 2.17. The van der Waals surface area contributed by atoms with Gasteiger partial charge in [-0.1, -0.05) is 25.1 Å². The van der Waals surface area contributed by atoms with Crippen LogP contribution in [-0.4, -0.2) is 30.1 Å². The molecule has 0 aliphatic carbocycles. The Bertz CT molecular complexity index is 459. The first-order valence-corrected chi connectivity index (χ1v) is 6.97. The van der Waals surface area contributed by atoms with Gasteiger partial charge in [-0.25, -0.2) is 0 Å². The average molecular weight is 286 g/mol. The van der Waals surface area contributed by atoms with Crippen molar-refractivity contribution in [1.29, 1.82) is 0 Å². The average Bonchev–Trinajstić information content (AvgIpc) is 2.41. The van der Waals surface area contributed by atoms with Crippen molar-refractivity contribution in [2.45, 2.75) is 38.5 Å². The van der Waals surface area contributed by atoms with E-state index in [1.165, 1.54) is 12.1 Å². The minimum atomic E-state index is -4.27. The lowest BCUT2D eigenvalue weighted by Gasteiger charge is -2.45. The molecule has 0 radical (unpaired) electrons. The van der Waals surface area contributed by atoms with Crippen molar-refractivity contribution in [2.75, 3.05) is 19.6 Å². The molecule has 1 heterocycles. The summed E-state index contributed by atoms with van der Waals surface area (Å²) in [7, 11) is 0. The van der Waals surface area contributed by atoms with E-state index in [9.17, 15) is 13.2 Å². The van der Waals surface area contributed by atoms with Crippen LogP contribution in [0, 0.1) is 0 Å². The van der Waals surface area contributed by atoms with Crippen molar-refractivity contribution in [3.05, 3.63) is 35.4 Å². The van der Waals surface area contributed by atoms with Gasteiger partial charge in [0.2, 0.25) is 0 Å². The molecule has 2 rings (SSSR count). The van der Waals surface area contributed by atoms with E-state index in [1.807, 2.05) is 0 Å². The van der Waals surface area contributed by atoms with Gasteiger partial charge in [0.25, 0.3) is 0 Å². The molecule has 5 heteroatoms. The first-order chi connectivity index (χ1) is 9.35. The summed E-state index contributed by atoms with van der Waals surface area (Å²) in [5, 5.41) is 3.36. The van der Waals surface area contributed by atoms with Crippen LogP contribution in [0.15, 0.2) is 24.3 Å². The zero-order chi connectivity index (χ0) is 14.8. The predicted octanol–water partition coefficient (Wildman–Crippen LogP) is 3.28. The van der Waals surface area contributed by atoms with Gasteiger partial charge in [0.1, 0.15) is 0 Å². The Labute approximate surface area is 118 Å². The fraction of sp³-hybridized carbons (Fsp3) is 0.600. The summed E-state index contributed by atoms with van der Waals surface area (Å²) in [6, 6.07) is 5.65. The number of hydrogen-bond acceptors (Lipinski definition) is 2. The highest BCUT2D eigenvalue weighted by molar-refractivity contribution is 5.26. The number of nitrogens with zero attached hydrogens (tertiary/aromatic N) is 1. The van der Waals surface area contributed by atoms with E-state index in [0.29, 0.717) is 6.54 Å². The van der Waals surface area contributed by atoms with Gasteiger partial charge in [0.05, 0.1) is 5.56 Å². The van der Waals surface area contributed by atoms with Crippen LogP contribution in [0.3, 0.4) is 0 Å². The Morgan fingerprint density at radius 1 is 1.35 bits per heavy atom. The number of benzene rings is 1. The SMILES string of the molecule is CCC1(C)CNCCN1Cc1cccc(C(F)(F)F)c1. The van der Waals surface area contributed by atoms with Crippen LogP contribution >= 0.6 is 0 Å². The molecule has 0 amide bonds. The van der Waals surface area contributed by atoms with E-state index in [1.54, 1.807) is 6.07 Å². The number of rotatable bonds is 3. The lowest BCUT2D eigenvalue weighted by atomic mass is 9.93. The monoisotopic (exact) mass is 286 g/mol. The molecule has 0 aromatic heterocycles. The Hall–Kier alpha value is -1.07. The third-order valence-corrected chi connectivity index (χ3v) is 4.22. The molecule has 0 bridgehead atoms. The second-order valence-electron chi connectivity index (χ2n) is 5.65. The normalized spacial score (nSPS) is 24.9.